The van der Waals surface area contributed by atoms with Gasteiger partial charge in [-0.1, -0.05) is 51.3 Å². The second-order valence-electron chi connectivity index (χ2n) is 15.2. The number of likely N-dealkylation sites (tertiary alicyclic amines) is 1. The molecule has 1 saturated heterocycles. The number of esters is 2. The van der Waals surface area contributed by atoms with E-state index in [2.05, 4.69) is 31.5 Å². The van der Waals surface area contributed by atoms with Crippen LogP contribution in [-0.4, -0.2) is 129 Å². The minimum atomic E-state index is -1.53. The number of piperidine rings is 1. The lowest BCUT2D eigenvalue weighted by Crippen LogP contribution is -2.57. The van der Waals surface area contributed by atoms with Gasteiger partial charge in [0.25, 0.3) is 5.91 Å². The van der Waals surface area contributed by atoms with E-state index in [1.807, 2.05) is 32.7 Å². The number of amides is 5. The third kappa shape index (κ3) is 18.4. The normalized spacial score (nSPS) is 16.1. The number of aliphatic hydroxyl groups is 1. The molecule has 0 aromatic carbocycles. The summed E-state index contributed by atoms with van der Waals surface area (Å²) < 4.78 is 16.0. The van der Waals surface area contributed by atoms with Crippen LogP contribution in [0.3, 0.4) is 0 Å². The topological polar surface area (TPSA) is 291 Å². The van der Waals surface area contributed by atoms with Crippen LogP contribution in [0.1, 0.15) is 108 Å². The Bertz CT molecular complexity index is 1940. The zero-order valence-electron chi connectivity index (χ0n) is 37.3. The average molecular weight is 970 g/mol. The Morgan fingerprint density at radius 3 is 2.54 bits per heavy atom. The van der Waals surface area contributed by atoms with Crippen molar-refractivity contribution >= 4 is 80.3 Å². The number of aromatic nitrogens is 2. The van der Waals surface area contributed by atoms with Crippen molar-refractivity contribution in [2.75, 3.05) is 39.2 Å². The number of nitrogens with zero attached hydrogens (tertiary/aromatic N) is 5. The Kier molecular flexibility index (Phi) is 23.4. The predicted octanol–water partition coefficient (Wildman–Crippen LogP) is 3.86. The number of thiazole rings is 1. The summed E-state index contributed by atoms with van der Waals surface area (Å²) in [4.78, 5) is 112. The highest BCUT2D eigenvalue weighted by atomic mass is 33.1. The van der Waals surface area contributed by atoms with Crippen molar-refractivity contribution in [2.24, 2.45) is 11.8 Å². The lowest BCUT2D eigenvalue weighted by atomic mass is 9.96. The molecule has 0 aliphatic carbocycles. The van der Waals surface area contributed by atoms with Crippen molar-refractivity contribution in [1.29, 1.82) is 0 Å². The van der Waals surface area contributed by atoms with Gasteiger partial charge in [0, 0.05) is 62.0 Å². The van der Waals surface area contributed by atoms with Gasteiger partial charge in [-0.05, 0) is 55.6 Å². The molecule has 0 saturated carbocycles. The summed E-state index contributed by atoms with van der Waals surface area (Å²) in [5, 5.41) is 28.8. The van der Waals surface area contributed by atoms with E-state index < -0.39 is 77.7 Å². The second-order valence-corrected chi connectivity index (χ2v) is 18.5. The summed E-state index contributed by atoms with van der Waals surface area (Å²) in [5.74, 6) is -4.39. The monoisotopic (exact) mass is 969 g/mol. The van der Waals surface area contributed by atoms with Gasteiger partial charge in [-0.25, -0.2) is 20.2 Å². The summed E-state index contributed by atoms with van der Waals surface area (Å²) in [6.07, 6.45) is 1.31. The van der Waals surface area contributed by atoms with E-state index in [4.69, 9.17) is 14.2 Å². The molecular weight excluding hydrogens is 911 g/mol. The van der Waals surface area contributed by atoms with Crippen LogP contribution < -0.4 is 21.5 Å². The minimum absolute atomic E-state index is 0.0225. The Morgan fingerprint density at radius 2 is 1.86 bits per heavy atom. The Hall–Kier alpha value is -5.11. The van der Waals surface area contributed by atoms with Crippen molar-refractivity contribution in [3.05, 3.63) is 44.5 Å². The largest absolute Gasteiger partial charge is 0.455 e. The molecule has 2 aromatic heterocycles. The summed E-state index contributed by atoms with van der Waals surface area (Å²) >= 11 is 0.989. The van der Waals surface area contributed by atoms with Crippen LogP contribution in [-0.2, 0) is 38.2 Å². The molecule has 360 valence electrons. The molecule has 3 rings (SSSR count). The highest BCUT2D eigenvalue weighted by Crippen LogP contribution is 2.35. The molecule has 2 aromatic rings. The Morgan fingerprint density at radius 1 is 1.11 bits per heavy atom. The number of nitro groups is 1. The third-order valence-corrected chi connectivity index (χ3v) is 13.3. The molecule has 0 spiro atoms. The fourth-order valence-electron chi connectivity index (χ4n) is 6.30. The number of pyridine rings is 1. The molecule has 22 nitrogen and oxygen atoms in total. The van der Waals surface area contributed by atoms with Gasteiger partial charge in [0.1, 0.15) is 29.6 Å². The number of aliphatic hydroxyl groups excluding tert-OH is 1. The molecule has 6 atom stereocenters. The minimum Gasteiger partial charge on any atom is -0.455 e. The van der Waals surface area contributed by atoms with Crippen LogP contribution in [0.15, 0.2) is 28.7 Å². The summed E-state index contributed by atoms with van der Waals surface area (Å²) in [6, 6.07) is 1.44. The second kappa shape index (κ2) is 28.0. The van der Waals surface area contributed by atoms with E-state index in [0.29, 0.717) is 19.3 Å². The standard InChI is InChI=1S/C40H59N9O13S3/c1-7-12-32(52)61-23-48(39(56)33(24(3)8-2)44-36(55)28-13-9-10-17-47(28)6)18-15-30(62-26(5)50)38-42-27(22-63-38)35(54)43-31(51)21-25(4)34(53)45-46-40(57)60-19-20-64-65-37-29(49(58)59)14-11-16-41-37/h11,14,16,22,24-25,28,30-31,33,51H,7-10,12-13,15,17-21,23H2,1-6H3,(H,43,54)(H,44,55)(H,45,53)(H,46,57)/t24?,25-,28+,30+,31?,33-/m0/s1. The van der Waals surface area contributed by atoms with Gasteiger partial charge in [-0.15, -0.1) is 11.3 Å². The van der Waals surface area contributed by atoms with Gasteiger partial charge >= 0.3 is 23.7 Å². The van der Waals surface area contributed by atoms with Crippen LogP contribution >= 0.6 is 32.9 Å². The van der Waals surface area contributed by atoms with E-state index in [1.54, 1.807) is 0 Å². The molecule has 2 unspecified atom stereocenters. The molecule has 25 heteroatoms. The molecule has 0 radical (unpaired) electrons. The number of nitrogens with one attached hydrogen (secondary N) is 4. The van der Waals surface area contributed by atoms with E-state index in [1.165, 1.54) is 53.3 Å². The van der Waals surface area contributed by atoms with E-state index in [9.17, 15) is 48.8 Å². The number of hydrogen-bond acceptors (Lipinski definition) is 19. The highest BCUT2D eigenvalue weighted by molar-refractivity contribution is 8.76. The van der Waals surface area contributed by atoms with Gasteiger partial charge in [-0.2, -0.15) is 0 Å². The maximum absolute atomic E-state index is 14.2. The number of carbonyl (C=O) groups is 7. The maximum Gasteiger partial charge on any atom is 0.426 e. The molecule has 3 heterocycles. The number of likely N-dealkylation sites (N-methyl/N-ethyl adjacent to an activating group) is 1. The van der Waals surface area contributed by atoms with Gasteiger partial charge in [0.05, 0.1) is 11.0 Å². The predicted molar refractivity (Wildman–Crippen MR) is 240 cm³/mol. The summed E-state index contributed by atoms with van der Waals surface area (Å²) in [5.41, 5.74) is 3.97. The van der Waals surface area contributed by atoms with Crippen LogP contribution in [0, 0.1) is 22.0 Å². The molecule has 1 aliphatic heterocycles. The van der Waals surface area contributed by atoms with Gasteiger partial charge in [-0.3, -0.25) is 49.2 Å². The lowest BCUT2D eigenvalue weighted by molar-refractivity contribution is -0.388. The number of carbonyl (C=O) groups excluding carboxylic acids is 7. The van der Waals surface area contributed by atoms with Gasteiger partial charge < -0.3 is 34.9 Å². The number of hydrogen-bond donors (Lipinski definition) is 5. The quantitative estimate of drug-likeness (QED) is 0.0180. The first-order valence-electron chi connectivity index (χ1n) is 21.1. The first-order valence-corrected chi connectivity index (χ1v) is 24.3. The first kappa shape index (κ1) is 54.2. The molecule has 5 amide bonds. The van der Waals surface area contributed by atoms with Crippen LogP contribution in [0.25, 0.3) is 0 Å². The lowest BCUT2D eigenvalue weighted by Gasteiger charge is -2.35. The molecular formula is C40H59N9O13S3. The van der Waals surface area contributed by atoms with Crippen LogP contribution in [0.5, 0.6) is 0 Å². The fraction of sp³-hybridized carbons (Fsp3) is 0.625. The molecule has 1 aliphatic rings. The zero-order valence-corrected chi connectivity index (χ0v) is 39.7. The molecule has 5 N–H and O–H groups in total. The number of hydrazine groups is 1. The van der Waals surface area contributed by atoms with E-state index in [-0.39, 0.29) is 71.4 Å². The fourth-order valence-corrected chi connectivity index (χ4v) is 9.01. The molecule has 1 fully saturated rings. The Balaban J connectivity index is 1.57. The van der Waals surface area contributed by atoms with Crippen molar-refractivity contribution in [3.8, 4) is 0 Å². The number of ether oxygens (including phenoxy) is 3. The molecule has 0 bridgehead atoms. The van der Waals surface area contributed by atoms with Crippen molar-refractivity contribution in [3.63, 3.8) is 0 Å². The van der Waals surface area contributed by atoms with Crippen molar-refractivity contribution in [2.45, 2.75) is 115 Å². The van der Waals surface area contributed by atoms with Crippen molar-refractivity contribution in [1.82, 2.24) is 41.3 Å². The van der Waals surface area contributed by atoms with Crippen molar-refractivity contribution < 1.29 is 57.8 Å². The van der Waals surface area contributed by atoms with E-state index >= 15 is 0 Å². The van der Waals surface area contributed by atoms with Crippen LogP contribution in [0.4, 0.5) is 10.5 Å². The van der Waals surface area contributed by atoms with Gasteiger partial charge in [0.15, 0.2) is 17.9 Å². The van der Waals surface area contributed by atoms with E-state index in [0.717, 1.165) is 41.5 Å². The SMILES string of the molecule is CCCC(=O)OCN(CC[C@@H](OC(C)=O)c1nc(C(=O)NC(O)C[C@H](C)C(=O)NNC(=O)OCCSSc2ncccc2[N+](=O)[O-])cs1)C(=O)[C@@H](NC(=O)[C@H]1CCCCN1C)C(C)CC. The molecule has 65 heavy (non-hydrogen) atoms. The van der Waals surface area contributed by atoms with Crippen LogP contribution in [0.2, 0.25) is 0 Å². The zero-order chi connectivity index (χ0) is 48.1. The summed E-state index contributed by atoms with van der Waals surface area (Å²) in [7, 11) is 4.09. The highest BCUT2D eigenvalue weighted by Gasteiger charge is 2.35. The van der Waals surface area contributed by atoms with Gasteiger partial charge in [0.2, 0.25) is 17.7 Å². The first-order chi connectivity index (χ1) is 30.9. The maximum atomic E-state index is 14.2. The number of rotatable bonds is 25. The third-order valence-electron chi connectivity index (χ3n) is 10.1. The Labute approximate surface area is 388 Å². The average Bonchev–Trinajstić information content (AvgIpc) is 3.77. The summed E-state index contributed by atoms with van der Waals surface area (Å²) in [6.45, 7) is 8.35. The smallest absolute Gasteiger partial charge is 0.426 e.